The van der Waals surface area contributed by atoms with Crippen LogP contribution in [0.25, 0.3) is 11.2 Å². The van der Waals surface area contributed by atoms with Gasteiger partial charge in [-0.1, -0.05) is 55.9 Å². The molecule has 6 N–H and O–H groups in total. The molecule has 0 bridgehead atoms. The highest BCUT2D eigenvalue weighted by Crippen LogP contribution is 2.56. The third-order valence-electron chi connectivity index (χ3n) is 7.72. The Morgan fingerprint density at radius 3 is 2.39 bits per heavy atom. The van der Waals surface area contributed by atoms with Gasteiger partial charge in [-0.25, -0.2) is 19.3 Å². The number of rotatable bonds is 20. The first-order valence-corrected chi connectivity index (χ1v) is 21.5. The molecule has 7 unspecified atom stereocenters. The van der Waals surface area contributed by atoms with Crippen molar-refractivity contribution in [2.75, 3.05) is 37.8 Å². The fourth-order valence-corrected chi connectivity index (χ4v) is 8.34. The zero-order valence-corrected chi connectivity index (χ0v) is 32.8. The van der Waals surface area contributed by atoms with E-state index >= 15 is 0 Å². The van der Waals surface area contributed by atoms with Gasteiger partial charge in [0.05, 0.1) is 27.4 Å². The molecule has 28 heteroatoms. The van der Waals surface area contributed by atoms with Gasteiger partial charge in [0, 0.05) is 36.2 Å². The lowest BCUT2D eigenvalue weighted by molar-refractivity contribution is -0.347. The number of benzene rings is 1. The molecule has 0 radical (unpaired) electrons. The largest absolute Gasteiger partial charge is 0.790 e. The van der Waals surface area contributed by atoms with Crippen LogP contribution in [-0.2, 0) is 45.9 Å². The number of thioether (sulfide) groups is 1. The van der Waals surface area contributed by atoms with Crippen molar-refractivity contribution >= 4 is 69.1 Å². The fourth-order valence-electron chi connectivity index (χ4n) is 4.91. The summed E-state index contributed by atoms with van der Waals surface area (Å²) in [6.07, 6.45) is -7.61. The van der Waals surface area contributed by atoms with Crippen molar-refractivity contribution in [3.8, 4) is 0 Å². The first-order chi connectivity index (χ1) is 26.1. The van der Waals surface area contributed by atoms with E-state index < -0.39 is 84.6 Å². The van der Waals surface area contributed by atoms with Crippen molar-refractivity contribution in [3.05, 3.63) is 48.5 Å². The second-order valence-corrected chi connectivity index (χ2v) is 17.6. The zero-order chi connectivity index (χ0) is 41.5. The van der Waals surface area contributed by atoms with Gasteiger partial charge in [-0.05, 0) is 0 Å². The number of ether oxygens (including phenoxy) is 1. The summed E-state index contributed by atoms with van der Waals surface area (Å²) in [5.74, 6) is -1.28. The lowest BCUT2D eigenvalue weighted by Crippen LogP contribution is -2.46. The van der Waals surface area contributed by atoms with Gasteiger partial charge in [-0.2, -0.15) is 0 Å². The van der Waals surface area contributed by atoms with Gasteiger partial charge < -0.3 is 69.0 Å². The molecule has 1 saturated heterocycles. The topological polar surface area (TPSA) is 375 Å². The van der Waals surface area contributed by atoms with Gasteiger partial charge in [-0.15, -0.1) is 0 Å². The molecule has 1 aromatic carbocycles. The van der Waals surface area contributed by atoms with E-state index in [0.717, 1.165) is 29.0 Å². The second-order valence-electron chi connectivity index (χ2n) is 12.5. The van der Waals surface area contributed by atoms with E-state index in [4.69, 9.17) is 10.5 Å². The summed E-state index contributed by atoms with van der Waals surface area (Å²) in [4.78, 5) is 96.2. The van der Waals surface area contributed by atoms with E-state index in [0.29, 0.717) is 11.3 Å². The second kappa shape index (κ2) is 19.0. The summed E-state index contributed by atoms with van der Waals surface area (Å²) in [5, 5.41) is 26.0. The monoisotopic (exact) mass is 867 g/mol. The summed E-state index contributed by atoms with van der Waals surface area (Å²) in [6, 6.07) is 8.54. The number of phosphoric ester groups is 3. The number of imidazole rings is 1. The van der Waals surface area contributed by atoms with E-state index in [1.165, 1.54) is 13.8 Å². The van der Waals surface area contributed by atoms with E-state index in [1.54, 1.807) is 30.3 Å². The van der Waals surface area contributed by atoms with Gasteiger partial charge in [0.1, 0.15) is 36.3 Å². The molecule has 7 atom stereocenters. The van der Waals surface area contributed by atoms with Crippen LogP contribution in [-0.4, -0.2) is 103 Å². The molecule has 310 valence electrons. The quantitative estimate of drug-likeness (QED) is 0.0576. The Hall–Kier alpha value is -3.22. The number of hydrogen-bond donors (Lipinski definition) is 5. The number of carbonyl (C=O) groups excluding carboxylic acids is 3. The zero-order valence-electron chi connectivity index (χ0n) is 29.3. The molecule has 0 aliphatic carbocycles. The lowest BCUT2D eigenvalue weighted by Gasteiger charge is -2.36. The SMILES string of the molecule is CC(C)(COP(=O)([O-])OP(=O)([O-])OCC1OC(n2cnc3c(N)ncnc32)C(O)C1OP(=O)([O-])[O-])C(O)C(=O)NCCC(=O)NCCSC(=O)c1ccccc1. The maximum atomic E-state index is 12.5. The molecular weight excluding hydrogens is 831 g/mol. The number of aliphatic hydroxyl groups excluding tert-OH is 2. The van der Waals surface area contributed by atoms with Crippen molar-refractivity contribution in [2.24, 2.45) is 5.41 Å². The number of nitrogens with two attached hydrogens (primary N) is 1. The number of nitrogen functional groups attached to an aromatic ring is 1. The van der Waals surface area contributed by atoms with Gasteiger partial charge >= 0.3 is 0 Å². The fraction of sp³-hybridized carbons (Fsp3) is 0.500. The molecule has 4 rings (SSSR count). The first-order valence-electron chi connectivity index (χ1n) is 16.1. The Bertz CT molecular complexity index is 2000. The van der Waals surface area contributed by atoms with E-state index in [-0.39, 0.29) is 41.6 Å². The minimum atomic E-state index is -5.92. The number of phosphoric acid groups is 3. The average Bonchev–Trinajstić information content (AvgIpc) is 3.68. The lowest BCUT2D eigenvalue weighted by atomic mass is 9.87. The van der Waals surface area contributed by atoms with Crippen LogP contribution >= 0.6 is 35.2 Å². The first kappa shape index (κ1) is 45.5. The predicted molar refractivity (Wildman–Crippen MR) is 184 cm³/mol. The van der Waals surface area contributed by atoms with Crippen LogP contribution in [0.2, 0.25) is 0 Å². The molecule has 24 nitrogen and oxygen atoms in total. The third-order valence-corrected chi connectivity index (χ3v) is 11.6. The van der Waals surface area contributed by atoms with Gasteiger partial charge in [0.15, 0.2) is 17.7 Å². The molecular formula is C28H36N7O17P3S-4. The number of aromatic nitrogens is 4. The molecule has 0 spiro atoms. The maximum Gasteiger partial charge on any atom is 0.274 e. The summed E-state index contributed by atoms with van der Waals surface area (Å²) >= 11 is 1.01. The summed E-state index contributed by atoms with van der Waals surface area (Å²) < 4.78 is 60.5. The van der Waals surface area contributed by atoms with Gasteiger partial charge in [0.2, 0.25) is 16.9 Å². The molecule has 3 aromatic rings. The van der Waals surface area contributed by atoms with E-state index in [1.807, 2.05) is 0 Å². The van der Waals surface area contributed by atoms with Crippen LogP contribution < -0.4 is 35.9 Å². The number of carbonyl (C=O) groups is 3. The molecule has 2 amide bonds. The number of fused-ring (bicyclic) bond motifs is 1. The molecule has 3 heterocycles. The Morgan fingerprint density at radius 1 is 1.04 bits per heavy atom. The van der Waals surface area contributed by atoms with Crippen molar-refractivity contribution in [3.63, 3.8) is 0 Å². The third kappa shape index (κ3) is 12.9. The highest BCUT2D eigenvalue weighted by molar-refractivity contribution is 8.14. The highest BCUT2D eigenvalue weighted by atomic mass is 32.2. The van der Waals surface area contributed by atoms with E-state index in [9.17, 15) is 57.9 Å². The molecule has 1 aliphatic rings. The minimum absolute atomic E-state index is 0.0227. The van der Waals surface area contributed by atoms with Crippen LogP contribution in [0, 0.1) is 5.41 Å². The van der Waals surface area contributed by atoms with Crippen LogP contribution in [0.5, 0.6) is 0 Å². The Balaban J connectivity index is 1.23. The Morgan fingerprint density at radius 2 is 1.71 bits per heavy atom. The van der Waals surface area contributed by atoms with Crippen molar-refractivity contribution < 1.29 is 80.5 Å². The van der Waals surface area contributed by atoms with Crippen LogP contribution in [0.15, 0.2) is 43.0 Å². The standard InChI is InChI=1S/C28H40N7O17P3S/c1-28(2,22(38)25(39)31-9-8-18(36)30-10-11-56-27(40)16-6-4-3-5-7-16)13-49-55(46,47)52-54(44,45)48-12-17-21(51-53(41,42)43)20(37)26(50-17)35-15-34-19-23(29)32-14-33-24(19)35/h3-7,14-15,17,20-22,26,37-38H,8-13H2,1-2H3,(H,30,36)(H,31,39)(H,44,45)(H,46,47)(H2,29,32,33)(H2,41,42,43)/p-4. The number of amides is 2. The van der Waals surface area contributed by atoms with Crippen LogP contribution in [0.4, 0.5) is 5.82 Å². The number of hydrogen-bond acceptors (Lipinski definition) is 22. The van der Waals surface area contributed by atoms with Crippen molar-refractivity contribution in [2.45, 2.75) is 50.9 Å². The molecule has 2 aromatic heterocycles. The Kier molecular flexibility index (Phi) is 15.4. The molecule has 1 fully saturated rings. The highest BCUT2D eigenvalue weighted by Gasteiger charge is 2.47. The predicted octanol–water partition coefficient (Wildman–Crippen LogP) is -2.55. The average molecular weight is 868 g/mol. The van der Waals surface area contributed by atoms with Gasteiger partial charge in [-0.3, -0.25) is 28.1 Å². The molecule has 56 heavy (non-hydrogen) atoms. The molecule has 0 saturated carbocycles. The van der Waals surface area contributed by atoms with Crippen LogP contribution in [0.1, 0.15) is 36.9 Å². The normalized spacial score (nSPS) is 21.6. The van der Waals surface area contributed by atoms with Gasteiger partial charge in [0.25, 0.3) is 15.6 Å². The number of anilines is 1. The minimum Gasteiger partial charge on any atom is -0.790 e. The number of nitrogens with zero attached hydrogens (tertiary/aromatic N) is 4. The van der Waals surface area contributed by atoms with Crippen molar-refractivity contribution in [1.82, 2.24) is 30.2 Å². The Labute approximate surface area is 321 Å². The smallest absolute Gasteiger partial charge is 0.274 e. The number of aliphatic hydroxyl groups is 2. The molecule has 1 aliphatic heterocycles. The summed E-state index contributed by atoms with van der Waals surface area (Å²) in [7, 11) is -17.6. The van der Waals surface area contributed by atoms with E-state index in [2.05, 4.69) is 43.5 Å². The van der Waals surface area contributed by atoms with Crippen LogP contribution in [0.3, 0.4) is 0 Å². The summed E-state index contributed by atoms with van der Waals surface area (Å²) in [5.41, 5.74) is 4.57. The maximum absolute atomic E-state index is 12.5. The van der Waals surface area contributed by atoms with Crippen molar-refractivity contribution in [1.29, 1.82) is 0 Å². The summed E-state index contributed by atoms with van der Waals surface area (Å²) in [6.45, 7) is 0.0487. The number of nitrogens with one attached hydrogen (secondary N) is 2.